The molecule has 2 rings (SSSR count). The van der Waals surface area contributed by atoms with E-state index in [-0.39, 0.29) is 17.9 Å². The number of aliphatic hydroxyl groups excluding tert-OH is 1. The van der Waals surface area contributed by atoms with Gasteiger partial charge in [-0.3, -0.25) is 4.79 Å². The van der Waals surface area contributed by atoms with E-state index in [1.54, 1.807) is 0 Å². The summed E-state index contributed by atoms with van der Waals surface area (Å²) in [4.78, 5) is 26.1. The predicted molar refractivity (Wildman–Crippen MR) is 87.1 cm³/mol. The quantitative estimate of drug-likeness (QED) is 0.453. The fraction of sp³-hybridized carbons (Fsp3) is 0.846. The molecule has 0 spiro atoms. The molecule has 4 atom stereocenters. The molecule has 126 valence electrons. The van der Waals surface area contributed by atoms with Gasteiger partial charge in [0.05, 0.1) is 17.4 Å². The Morgan fingerprint density at radius 2 is 2.09 bits per heavy atom. The topological polar surface area (TPSA) is 66.8 Å². The maximum absolute atomic E-state index is 12.3. The lowest BCUT2D eigenvalue weighted by Gasteiger charge is -2.45. The van der Waals surface area contributed by atoms with Crippen molar-refractivity contribution in [2.45, 2.75) is 53.3 Å². The molecule has 2 aliphatic rings. The lowest BCUT2D eigenvalue weighted by molar-refractivity contribution is -0.171. The minimum Gasteiger partial charge on any atom is -0.460 e. The first-order valence-corrected chi connectivity index (χ1v) is 8.92. The molecule has 1 unspecified atom stereocenters. The van der Waals surface area contributed by atoms with Gasteiger partial charge < -0.3 is 14.7 Å². The molecular formula is C13H18Cl3NO4S. The van der Waals surface area contributed by atoms with Gasteiger partial charge in [-0.15, -0.1) is 11.8 Å². The highest BCUT2D eigenvalue weighted by atomic mass is 35.6. The number of thioether (sulfide) groups is 1. The van der Waals surface area contributed by atoms with Crippen molar-refractivity contribution in [2.75, 3.05) is 6.61 Å². The highest BCUT2D eigenvalue weighted by molar-refractivity contribution is 8.01. The summed E-state index contributed by atoms with van der Waals surface area (Å²) in [6.45, 7) is 5.17. The van der Waals surface area contributed by atoms with Crippen LogP contribution in [0.15, 0.2) is 0 Å². The fourth-order valence-corrected chi connectivity index (χ4v) is 4.77. The third-order valence-corrected chi connectivity index (χ3v) is 5.84. The van der Waals surface area contributed by atoms with Crippen LogP contribution in [-0.2, 0) is 14.3 Å². The van der Waals surface area contributed by atoms with Crippen molar-refractivity contribution in [3.8, 4) is 0 Å². The van der Waals surface area contributed by atoms with E-state index in [0.717, 1.165) is 0 Å². The van der Waals surface area contributed by atoms with Gasteiger partial charge in [0.1, 0.15) is 12.6 Å². The SMILES string of the molecule is CCC(O)[C@@H]1C(=O)N2[C@@H]1SC(C)(C)[C@@H]2C(=O)OCC(Cl)(Cl)Cl. The molecule has 2 heterocycles. The summed E-state index contributed by atoms with van der Waals surface area (Å²) in [5, 5.41) is 9.75. The second kappa shape index (κ2) is 6.20. The third kappa shape index (κ3) is 3.31. The number of carbonyl (C=O) groups excluding carboxylic acids is 2. The van der Waals surface area contributed by atoms with E-state index in [9.17, 15) is 14.7 Å². The van der Waals surface area contributed by atoms with Crippen LogP contribution < -0.4 is 0 Å². The van der Waals surface area contributed by atoms with Crippen molar-refractivity contribution in [3.05, 3.63) is 0 Å². The molecule has 0 aromatic heterocycles. The maximum Gasteiger partial charge on any atom is 0.330 e. The van der Waals surface area contributed by atoms with Gasteiger partial charge in [0.25, 0.3) is 0 Å². The van der Waals surface area contributed by atoms with Crippen LogP contribution in [0.2, 0.25) is 0 Å². The van der Waals surface area contributed by atoms with E-state index in [2.05, 4.69) is 0 Å². The molecule has 1 N–H and O–H groups in total. The molecular weight excluding hydrogens is 373 g/mol. The minimum atomic E-state index is -1.69. The monoisotopic (exact) mass is 389 g/mol. The van der Waals surface area contributed by atoms with Crippen molar-refractivity contribution in [1.29, 1.82) is 0 Å². The van der Waals surface area contributed by atoms with Gasteiger partial charge in [-0.2, -0.15) is 0 Å². The van der Waals surface area contributed by atoms with E-state index in [4.69, 9.17) is 39.5 Å². The van der Waals surface area contributed by atoms with Crippen LogP contribution in [0.25, 0.3) is 0 Å². The number of halogens is 3. The Balaban J connectivity index is 2.12. The summed E-state index contributed by atoms with van der Waals surface area (Å²) in [5.74, 6) is -1.29. The molecule has 0 aliphatic carbocycles. The molecule has 0 saturated carbocycles. The van der Waals surface area contributed by atoms with Gasteiger partial charge in [-0.25, -0.2) is 4.79 Å². The summed E-state index contributed by atoms with van der Waals surface area (Å²) in [5.41, 5.74) is 0. The van der Waals surface area contributed by atoms with Crippen LogP contribution in [0, 0.1) is 5.92 Å². The van der Waals surface area contributed by atoms with Crippen molar-refractivity contribution in [1.82, 2.24) is 4.90 Å². The Labute approximate surface area is 148 Å². The molecule has 22 heavy (non-hydrogen) atoms. The summed E-state index contributed by atoms with van der Waals surface area (Å²) in [7, 11) is 0. The van der Waals surface area contributed by atoms with E-state index >= 15 is 0 Å². The van der Waals surface area contributed by atoms with Crippen LogP contribution >= 0.6 is 46.6 Å². The zero-order valence-corrected chi connectivity index (χ0v) is 15.5. The highest BCUT2D eigenvalue weighted by Crippen LogP contribution is 2.54. The molecule has 2 saturated heterocycles. The Morgan fingerprint density at radius 1 is 1.50 bits per heavy atom. The first-order valence-electron chi connectivity index (χ1n) is 6.91. The number of amides is 1. The van der Waals surface area contributed by atoms with Gasteiger partial charge >= 0.3 is 5.97 Å². The molecule has 5 nitrogen and oxygen atoms in total. The van der Waals surface area contributed by atoms with Crippen LogP contribution in [0.3, 0.4) is 0 Å². The zero-order chi connectivity index (χ0) is 16.9. The number of hydrogen-bond acceptors (Lipinski definition) is 5. The highest BCUT2D eigenvalue weighted by Gasteiger charge is 2.65. The molecule has 0 radical (unpaired) electrons. The number of hydrogen-bond donors (Lipinski definition) is 1. The number of carbonyl (C=O) groups is 2. The third-order valence-electron chi connectivity index (χ3n) is 3.92. The number of fused-ring (bicyclic) bond motifs is 1. The Morgan fingerprint density at radius 3 is 2.59 bits per heavy atom. The molecule has 2 fully saturated rings. The first-order chi connectivity index (χ1) is 9.99. The average molecular weight is 391 g/mol. The zero-order valence-electron chi connectivity index (χ0n) is 12.4. The van der Waals surface area contributed by atoms with Crippen LogP contribution in [0.5, 0.6) is 0 Å². The number of aliphatic hydroxyl groups is 1. The number of β-lactam (4-membered cyclic amide) rings is 1. The number of rotatable bonds is 4. The van der Waals surface area contributed by atoms with Crippen LogP contribution in [0.1, 0.15) is 27.2 Å². The Kier molecular flexibility index (Phi) is 5.21. The smallest absolute Gasteiger partial charge is 0.330 e. The second-order valence-corrected chi connectivity index (χ2v) is 10.3. The summed E-state index contributed by atoms with van der Waals surface area (Å²) < 4.78 is 2.82. The van der Waals surface area contributed by atoms with Gasteiger partial charge in [0.2, 0.25) is 9.70 Å². The number of nitrogens with zero attached hydrogens (tertiary/aromatic N) is 1. The van der Waals surface area contributed by atoms with E-state index in [1.807, 2.05) is 20.8 Å². The number of esters is 1. The van der Waals surface area contributed by atoms with Crippen molar-refractivity contribution >= 4 is 58.4 Å². The predicted octanol–water partition coefficient (Wildman–Crippen LogP) is 2.35. The Hall–Kier alpha value is 0.120. The van der Waals surface area contributed by atoms with Gasteiger partial charge in [-0.05, 0) is 20.3 Å². The normalized spacial score (nSPS) is 31.5. The van der Waals surface area contributed by atoms with E-state index < -0.39 is 32.6 Å². The van der Waals surface area contributed by atoms with Gasteiger partial charge in [0, 0.05) is 4.75 Å². The molecule has 1 amide bonds. The minimum absolute atomic E-state index is 0.220. The second-order valence-electron chi connectivity index (χ2n) is 5.98. The van der Waals surface area contributed by atoms with Gasteiger partial charge in [-0.1, -0.05) is 41.7 Å². The first kappa shape index (κ1) is 18.5. The lowest BCUT2D eigenvalue weighted by Crippen LogP contribution is -2.65. The number of ether oxygens (including phenoxy) is 1. The standard InChI is InChI=1S/C13H18Cl3NO4S/c1-4-6(18)7-9(19)17-8(12(2,3)22-10(7)17)11(20)21-5-13(14,15)16/h6-8,10,18H,4-5H2,1-3H3/t6?,7-,8+,10-/m1/s1. The van der Waals surface area contributed by atoms with Crippen LogP contribution in [-0.4, -0.2) is 54.5 Å². The summed E-state index contributed by atoms with van der Waals surface area (Å²) >= 11 is 18.2. The van der Waals surface area contributed by atoms with Gasteiger partial charge in [0.15, 0.2) is 0 Å². The molecule has 0 bridgehead atoms. The number of alkyl halides is 3. The molecule has 0 aromatic carbocycles. The summed E-state index contributed by atoms with van der Waals surface area (Å²) in [6.07, 6.45) is -0.211. The van der Waals surface area contributed by atoms with Crippen molar-refractivity contribution < 1.29 is 19.4 Å². The average Bonchev–Trinajstić information content (AvgIpc) is 2.63. The van der Waals surface area contributed by atoms with E-state index in [0.29, 0.717) is 6.42 Å². The fourth-order valence-electron chi connectivity index (χ4n) is 2.86. The van der Waals surface area contributed by atoms with Crippen LogP contribution in [0.4, 0.5) is 0 Å². The molecule has 0 aromatic rings. The van der Waals surface area contributed by atoms with Crippen molar-refractivity contribution in [3.63, 3.8) is 0 Å². The lowest BCUT2D eigenvalue weighted by atomic mass is 9.87. The molecule has 9 heteroatoms. The van der Waals surface area contributed by atoms with Crippen molar-refractivity contribution in [2.24, 2.45) is 5.92 Å². The molecule has 2 aliphatic heterocycles. The largest absolute Gasteiger partial charge is 0.460 e. The Bertz CT molecular complexity index is 482. The summed E-state index contributed by atoms with van der Waals surface area (Å²) in [6, 6.07) is -0.748. The van der Waals surface area contributed by atoms with E-state index in [1.165, 1.54) is 16.7 Å². The maximum atomic E-state index is 12.3.